The molecule has 0 aliphatic rings. The van der Waals surface area contributed by atoms with Crippen molar-refractivity contribution >= 4 is 0 Å². The SMILES string of the molecule is COc1nccnc1CCCO. The summed E-state index contributed by atoms with van der Waals surface area (Å²) in [5.74, 6) is 0.547. The maximum absolute atomic E-state index is 8.60. The van der Waals surface area contributed by atoms with E-state index in [1.165, 1.54) is 0 Å². The molecule has 0 aliphatic heterocycles. The summed E-state index contributed by atoms with van der Waals surface area (Å²) in [7, 11) is 1.56. The van der Waals surface area contributed by atoms with Crippen molar-refractivity contribution in [3.05, 3.63) is 18.1 Å². The molecule has 0 aromatic carbocycles. The van der Waals surface area contributed by atoms with Gasteiger partial charge in [0.25, 0.3) is 0 Å². The summed E-state index contributed by atoms with van der Waals surface area (Å²) in [6, 6.07) is 0. The molecule has 12 heavy (non-hydrogen) atoms. The number of aliphatic hydroxyl groups is 1. The summed E-state index contributed by atoms with van der Waals surface area (Å²) in [6.45, 7) is 0.166. The number of aliphatic hydroxyl groups excluding tert-OH is 1. The molecule has 4 nitrogen and oxygen atoms in total. The highest BCUT2D eigenvalue weighted by atomic mass is 16.5. The highest BCUT2D eigenvalue weighted by Gasteiger charge is 2.03. The molecule has 1 N–H and O–H groups in total. The summed E-state index contributed by atoms with van der Waals surface area (Å²) in [4.78, 5) is 8.07. The van der Waals surface area contributed by atoms with E-state index in [9.17, 15) is 0 Å². The zero-order valence-electron chi connectivity index (χ0n) is 7.03. The number of rotatable bonds is 4. The second kappa shape index (κ2) is 4.66. The molecule has 0 aliphatic carbocycles. The van der Waals surface area contributed by atoms with E-state index in [4.69, 9.17) is 9.84 Å². The fraction of sp³-hybridized carbons (Fsp3) is 0.500. The van der Waals surface area contributed by atoms with E-state index in [0.717, 1.165) is 5.69 Å². The van der Waals surface area contributed by atoms with Crippen LogP contribution >= 0.6 is 0 Å². The molecular weight excluding hydrogens is 156 g/mol. The Labute approximate surface area is 71.2 Å². The molecule has 0 fully saturated rings. The summed E-state index contributed by atoms with van der Waals surface area (Å²) in [5.41, 5.74) is 0.800. The van der Waals surface area contributed by atoms with Crippen LogP contribution in [-0.2, 0) is 6.42 Å². The maximum Gasteiger partial charge on any atom is 0.235 e. The Kier molecular flexibility index (Phi) is 3.47. The lowest BCUT2D eigenvalue weighted by atomic mass is 10.2. The number of aryl methyl sites for hydroxylation is 1. The number of methoxy groups -OCH3 is 1. The predicted molar refractivity (Wildman–Crippen MR) is 44.0 cm³/mol. The van der Waals surface area contributed by atoms with Gasteiger partial charge in [-0.1, -0.05) is 0 Å². The van der Waals surface area contributed by atoms with Gasteiger partial charge in [-0.25, -0.2) is 4.98 Å². The zero-order valence-corrected chi connectivity index (χ0v) is 7.03. The molecule has 1 aromatic rings. The third kappa shape index (κ3) is 2.17. The smallest absolute Gasteiger partial charge is 0.235 e. The normalized spacial score (nSPS) is 9.83. The number of aromatic nitrogens is 2. The third-order valence-corrected chi connectivity index (χ3v) is 1.50. The highest BCUT2D eigenvalue weighted by Crippen LogP contribution is 2.11. The summed E-state index contributed by atoms with van der Waals surface area (Å²) in [6.07, 6.45) is 4.60. The summed E-state index contributed by atoms with van der Waals surface area (Å²) in [5, 5.41) is 8.60. The van der Waals surface area contributed by atoms with E-state index < -0.39 is 0 Å². The van der Waals surface area contributed by atoms with Crippen molar-refractivity contribution in [3.8, 4) is 5.88 Å². The van der Waals surface area contributed by atoms with E-state index >= 15 is 0 Å². The van der Waals surface area contributed by atoms with Crippen LogP contribution in [-0.4, -0.2) is 28.8 Å². The number of hydrogen-bond acceptors (Lipinski definition) is 4. The van der Waals surface area contributed by atoms with Gasteiger partial charge < -0.3 is 9.84 Å². The third-order valence-electron chi connectivity index (χ3n) is 1.50. The molecule has 0 radical (unpaired) electrons. The fourth-order valence-corrected chi connectivity index (χ4v) is 0.943. The molecule has 1 aromatic heterocycles. The Bertz CT molecular complexity index is 240. The van der Waals surface area contributed by atoms with Gasteiger partial charge in [0.05, 0.1) is 7.11 Å². The lowest BCUT2D eigenvalue weighted by Crippen LogP contribution is -1.99. The van der Waals surface area contributed by atoms with Crippen molar-refractivity contribution in [2.75, 3.05) is 13.7 Å². The summed E-state index contributed by atoms with van der Waals surface area (Å²) >= 11 is 0. The minimum atomic E-state index is 0.166. The summed E-state index contributed by atoms with van der Waals surface area (Å²) < 4.78 is 4.99. The lowest BCUT2D eigenvalue weighted by molar-refractivity contribution is 0.286. The Morgan fingerprint density at radius 1 is 1.42 bits per heavy atom. The lowest BCUT2D eigenvalue weighted by Gasteiger charge is -2.03. The van der Waals surface area contributed by atoms with E-state index in [1.54, 1.807) is 19.5 Å². The minimum absolute atomic E-state index is 0.166. The molecule has 1 heterocycles. The van der Waals surface area contributed by atoms with Gasteiger partial charge in [0, 0.05) is 19.0 Å². The zero-order chi connectivity index (χ0) is 8.81. The average molecular weight is 168 g/mol. The van der Waals surface area contributed by atoms with Crippen LogP contribution in [0.2, 0.25) is 0 Å². The first kappa shape index (κ1) is 8.93. The molecule has 66 valence electrons. The van der Waals surface area contributed by atoms with Crippen LogP contribution in [0.25, 0.3) is 0 Å². The molecule has 0 bridgehead atoms. The van der Waals surface area contributed by atoms with Crippen molar-refractivity contribution in [3.63, 3.8) is 0 Å². The second-order valence-electron chi connectivity index (χ2n) is 2.34. The largest absolute Gasteiger partial charge is 0.480 e. The maximum atomic E-state index is 8.60. The predicted octanol–water partition coefficient (Wildman–Crippen LogP) is 0.410. The fourth-order valence-electron chi connectivity index (χ4n) is 0.943. The topological polar surface area (TPSA) is 55.2 Å². The van der Waals surface area contributed by atoms with Crippen LogP contribution < -0.4 is 4.74 Å². The van der Waals surface area contributed by atoms with Crippen LogP contribution in [0.4, 0.5) is 0 Å². The molecule has 4 heteroatoms. The Hall–Kier alpha value is -1.16. The molecule has 0 atom stereocenters. The first-order valence-corrected chi connectivity index (χ1v) is 3.83. The van der Waals surface area contributed by atoms with Gasteiger partial charge in [-0.3, -0.25) is 4.98 Å². The molecule has 0 saturated heterocycles. The van der Waals surface area contributed by atoms with Crippen molar-refractivity contribution in [2.24, 2.45) is 0 Å². The second-order valence-corrected chi connectivity index (χ2v) is 2.34. The molecule has 0 spiro atoms. The van der Waals surface area contributed by atoms with E-state index in [1.807, 2.05) is 0 Å². The monoisotopic (exact) mass is 168 g/mol. The van der Waals surface area contributed by atoms with Crippen LogP contribution in [0.5, 0.6) is 5.88 Å². The van der Waals surface area contributed by atoms with Crippen molar-refractivity contribution in [1.29, 1.82) is 0 Å². The number of nitrogens with zero attached hydrogens (tertiary/aromatic N) is 2. The van der Waals surface area contributed by atoms with Crippen molar-refractivity contribution in [2.45, 2.75) is 12.8 Å². The van der Waals surface area contributed by atoms with E-state index in [0.29, 0.717) is 18.7 Å². The molecular formula is C8H12N2O2. The number of ether oxygens (including phenoxy) is 1. The van der Waals surface area contributed by atoms with E-state index in [-0.39, 0.29) is 6.61 Å². The number of hydrogen-bond donors (Lipinski definition) is 1. The van der Waals surface area contributed by atoms with Crippen molar-refractivity contribution < 1.29 is 9.84 Å². The molecule has 1 rings (SSSR count). The highest BCUT2D eigenvalue weighted by molar-refractivity contribution is 5.16. The quantitative estimate of drug-likeness (QED) is 0.707. The van der Waals surface area contributed by atoms with E-state index in [2.05, 4.69) is 9.97 Å². The Balaban J connectivity index is 2.68. The van der Waals surface area contributed by atoms with Crippen LogP contribution in [0.3, 0.4) is 0 Å². The molecule has 0 saturated carbocycles. The van der Waals surface area contributed by atoms with Gasteiger partial charge in [0.1, 0.15) is 5.69 Å². The standard InChI is InChI=1S/C8H12N2O2/c1-12-8-7(3-2-6-11)9-4-5-10-8/h4-5,11H,2-3,6H2,1H3. The van der Waals surface area contributed by atoms with Gasteiger partial charge in [0.2, 0.25) is 5.88 Å². The van der Waals surface area contributed by atoms with Crippen LogP contribution in [0.1, 0.15) is 12.1 Å². The first-order chi connectivity index (χ1) is 5.88. The van der Waals surface area contributed by atoms with Gasteiger partial charge in [-0.2, -0.15) is 0 Å². The first-order valence-electron chi connectivity index (χ1n) is 3.83. The van der Waals surface area contributed by atoms with Gasteiger partial charge in [0.15, 0.2) is 0 Å². The van der Waals surface area contributed by atoms with Gasteiger partial charge in [-0.15, -0.1) is 0 Å². The van der Waals surface area contributed by atoms with Gasteiger partial charge in [-0.05, 0) is 12.8 Å². The van der Waals surface area contributed by atoms with Crippen LogP contribution in [0, 0.1) is 0 Å². The minimum Gasteiger partial charge on any atom is -0.480 e. The Morgan fingerprint density at radius 2 is 2.17 bits per heavy atom. The Morgan fingerprint density at radius 3 is 2.83 bits per heavy atom. The molecule has 0 amide bonds. The van der Waals surface area contributed by atoms with Crippen LogP contribution in [0.15, 0.2) is 12.4 Å². The van der Waals surface area contributed by atoms with Crippen molar-refractivity contribution in [1.82, 2.24) is 9.97 Å². The van der Waals surface area contributed by atoms with Gasteiger partial charge >= 0.3 is 0 Å². The molecule has 0 unspecified atom stereocenters. The average Bonchev–Trinajstić information content (AvgIpc) is 2.15.